The number of rotatable bonds is 4. The van der Waals surface area contributed by atoms with Gasteiger partial charge in [0.05, 0.1) is 5.56 Å². The van der Waals surface area contributed by atoms with Crippen LogP contribution in [-0.2, 0) is 25.4 Å². The molecule has 0 fully saturated rings. The molecule has 3 aromatic rings. The third kappa shape index (κ3) is 3.84. The van der Waals surface area contributed by atoms with Crippen molar-refractivity contribution in [3.05, 3.63) is 82.7 Å². The van der Waals surface area contributed by atoms with E-state index in [-0.39, 0.29) is 5.39 Å². The zero-order valence-corrected chi connectivity index (χ0v) is 13.8. The van der Waals surface area contributed by atoms with Gasteiger partial charge in [-0.05, 0) is 47.4 Å². The van der Waals surface area contributed by atoms with Gasteiger partial charge < -0.3 is 0 Å². The molecule has 0 unspecified atom stereocenters. The van der Waals surface area contributed by atoms with Gasteiger partial charge in [-0.1, -0.05) is 55.5 Å². The predicted octanol–water partition coefficient (Wildman–Crippen LogP) is 6.35. The zero-order valence-electron chi connectivity index (χ0n) is 13.8. The summed E-state index contributed by atoms with van der Waals surface area (Å²) < 4.78 is 52.4. The summed E-state index contributed by atoms with van der Waals surface area (Å²) in [5.74, 6) is -1.20. The number of halogens is 4. The van der Waals surface area contributed by atoms with Crippen molar-refractivity contribution in [2.45, 2.75) is 32.4 Å². The molecule has 0 aliphatic rings. The second kappa shape index (κ2) is 6.87. The van der Waals surface area contributed by atoms with Crippen molar-refractivity contribution in [1.82, 2.24) is 0 Å². The lowest BCUT2D eigenvalue weighted by Gasteiger charge is -2.11. The van der Waals surface area contributed by atoms with Crippen LogP contribution in [0.25, 0.3) is 10.8 Å². The van der Waals surface area contributed by atoms with Crippen molar-refractivity contribution >= 4 is 10.8 Å². The maximum atomic E-state index is 14.1. The summed E-state index contributed by atoms with van der Waals surface area (Å²) in [5.41, 5.74) is 2.25. The van der Waals surface area contributed by atoms with Crippen molar-refractivity contribution in [3.8, 4) is 0 Å². The van der Waals surface area contributed by atoms with Crippen LogP contribution in [0.1, 0.15) is 29.2 Å². The Kier molecular flexibility index (Phi) is 4.80. The van der Waals surface area contributed by atoms with Crippen molar-refractivity contribution in [1.29, 1.82) is 0 Å². The molecule has 4 heteroatoms. The van der Waals surface area contributed by atoms with Crippen LogP contribution in [0.2, 0.25) is 0 Å². The summed E-state index contributed by atoms with van der Waals surface area (Å²) in [7, 11) is 0. The lowest BCUT2D eigenvalue weighted by molar-refractivity contribution is -0.139. The van der Waals surface area contributed by atoms with E-state index in [9.17, 15) is 17.6 Å². The van der Waals surface area contributed by atoms with Gasteiger partial charge in [-0.15, -0.1) is 0 Å². The van der Waals surface area contributed by atoms with E-state index in [1.54, 1.807) is 12.1 Å². The molecule has 0 aliphatic heterocycles. The van der Waals surface area contributed by atoms with Crippen LogP contribution < -0.4 is 0 Å². The van der Waals surface area contributed by atoms with Crippen LogP contribution in [0.15, 0.2) is 54.6 Å². The minimum atomic E-state index is -4.68. The molecule has 0 saturated carbocycles. The Morgan fingerprint density at radius 2 is 1.36 bits per heavy atom. The summed E-state index contributed by atoms with van der Waals surface area (Å²) >= 11 is 0. The molecule has 3 aromatic carbocycles. The van der Waals surface area contributed by atoms with Crippen LogP contribution in [0.3, 0.4) is 0 Å². The van der Waals surface area contributed by atoms with Crippen LogP contribution in [0.4, 0.5) is 17.6 Å². The summed E-state index contributed by atoms with van der Waals surface area (Å²) in [6.07, 6.45) is -2.10. The second-order valence-corrected chi connectivity index (χ2v) is 6.15. The molecule has 0 radical (unpaired) electrons. The standard InChI is InChI=1S/C21H18F4/c1-2-14-3-5-15(6-4-14)7-8-16-9-11-18-17(13-16)10-12-19(20(18)22)21(23,24)25/h3-6,9-13H,2,7-8H2,1H3. The molecule has 0 bridgehead atoms. The first-order valence-electron chi connectivity index (χ1n) is 8.24. The number of fused-ring (bicyclic) bond motifs is 1. The van der Waals surface area contributed by atoms with E-state index in [1.165, 1.54) is 23.3 Å². The van der Waals surface area contributed by atoms with Gasteiger partial charge in [-0.3, -0.25) is 0 Å². The average molecular weight is 346 g/mol. The smallest absolute Gasteiger partial charge is 0.206 e. The molecule has 0 saturated heterocycles. The normalized spacial score (nSPS) is 11.9. The largest absolute Gasteiger partial charge is 0.419 e. The van der Waals surface area contributed by atoms with E-state index in [2.05, 4.69) is 31.2 Å². The highest BCUT2D eigenvalue weighted by Crippen LogP contribution is 2.34. The first kappa shape index (κ1) is 17.5. The molecule has 0 atom stereocenters. The molecule has 130 valence electrons. The molecule has 0 spiro atoms. The first-order valence-corrected chi connectivity index (χ1v) is 8.24. The van der Waals surface area contributed by atoms with Gasteiger partial charge >= 0.3 is 6.18 Å². The maximum absolute atomic E-state index is 14.1. The molecule has 25 heavy (non-hydrogen) atoms. The Labute approximate surface area is 144 Å². The van der Waals surface area contributed by atoms with Gasteiger partial charge in [-0.2, -0.15) is 13.2 Å². The lowest BCUT2D eigenvalue weighted by Crippen LogP contribution is -2.08. The van der Waals surface area contributed by atoms with Crippen molar-refractivity contribution in [2.75, 3.05) is 0 Å². The maximum Gasteiger partial charge on any atom is 0.419 e. The van der Waals surface area contributed by atoms with Crippen molar-refractivity contribution in [2.24, 2.45) is 0 Å². The number of benzene rings is 3. The van der Waals surface area contributed by atoms with E-state index in [4.69, 9.17) is 0 Å². The molecule has 0 aliphatic carbocycles. The van der Waals surface area contributed by atoms with E-state index < -0.39 is 17.6 Å². The average Bonchev–Trinajstić information content (AvgIpc) is 2.59. The lowest BCUT2D eigenvalue weighted by atomic mass is 9.99. The van der Waals surface area contributed by atoms with E-state index in [0.29, 0.717) is 5.39 Å². The van der Waals surface area contributed by atoms with Crippen molar-refractivity contribution < 1.29 is 17.6 Å². The zero-order chi connectivity index (χ0) is 18.0. The molecular weight excluding hydrogens is 328 g/mol. The van der Waals surface area contributed by atoms with Gasteiger partial charge in [-0.25, -0.2) is 4.39 Å². The molecule has 0 aromatic heterocycles. The predicted molar refractivity (Wildman–Crippen MR) is 92.1 cm³/mol. The SMILES string of the molecule is CCc1ccc(CCc2ccc3c(F)c(C(F)(F)F)ccc3c2)cc1. The minimum absolute atomic E-state index is 0.00544. The van der Waals surface area contributed by atoms with E-state index >= 15 is 0 Å². The molecular formula is C21H18F4. The summed E-state index contributed by atoms with van der Waals surface area (Å²) in [4.78, 5) is 0. The Hall–Kier alpha value is -2.36. The molecule has 0 heterocycles. The fraction of sp³-hybridized carbons (Fsp3) is 0.238. The van der Waals surface area contributed by atoms with Gasteiger partial charge in [0.15, 0.2) is 0 Å². The van der Waals surface area contributed by atoms with Crippen LogP contribution >= 0.6 is 0 Å². The number of alkyl halides is 3. The Morgan fingerprint density at radius 3 is 2.00 bits per heavy atom. The fourth-order valence-corrected chi connectivity index (χ4v) is 2.95. The third-order valence-electron chi connectivity index (χ3n) is 4.46. The van der Waals surface area contributed by atoms with Gasteiger partial charge in [0, 0.05) is 5.39 Å². The van der Waals surface area contributed by atoms with Crippen molar-refractivity contribution in [3.63, 3.8) is 0 Å². The Morgan fingerprint density at radius 1 is 0.760 bits per heavy atom. The van der Waals surface area contributed by atoms with Gasteiger partial charge in [0.25, 0.3) is 0 Å². The van der Waals surface area contributed by atoms with Gasteiger partial charge in [0.2, 0.25) is 0 Å². The van der Waals surface area contributed by atoms with Crippen LogP contribution in [0, 0.1) is 5.82 Å². The third-order valence-corrected chi connectivity index (χ3v) is 4.46. The molecule has 3 rings (SSSR count). The quantitative estimate of drug-likeness (QED) is 0.483. The first-order chi connectivity index (χ1) is 11.9. The number of hydrogen-bond donors (Lipinski definition) is 0. The highest BCUT2D eigenvalue weighted by atomic mass is 19.4. The second-order valence-electron chi connectivity index (χ2n) is 6.15. The molecule has 0 amide bonds. The molecule has 0 N–H and O–H groups in total. The summed E-state index contributed by atoms with van der Waals surface area (Å²) in [5, 5.41) is 0.496. The number of hydrogen-bond acceptors (Lipinski definition) is 0. The number of aryl methyl sites for hydroxylation is 3. The van der Waals surface area contributed by atoms with Crippen LogP contribution in [0.5, 0.6) is 0 Å². The highest BCUT2D eigenvalue weighted by molar-refractivity contribution is 5.84. The van der Waals surface area contributed by atoms with E-state index in [0.717, 1.165) is 30.9 Å². The Balaban J connectivity index is 1.81. The highest BCUT2D eigenvalue weighted by Gasteiger charge is 2.34. The van der Waals surface area contributed by atoms with Gasteiger partial charge in [0.1, 0.15) is 5.82 Å². The molecule has 0 nitrogen and oxygen atoms in total. The van der Waals surface area contributed by atoms with Crippen LogP contribution in [-0.4, -0.2) is 0 Å². The van der Waals surface area contributed by atoms with E-state index in [1.807, 2.05) is 0 Å². The monoisotopic (exact) mass is 346 g/mol. The fourth-order valence-electron chi connectivity index (χ4n) is 2.95. The summed E-state index contributed by atoms with van der Waals surface area (Å²) in [6, 6.07) is 15.4. The topological polar surface area (TPSA) is 0 Å². The minimum Gasteiger partial charge on any atom is -0.206 e. The Bertz CT molecular complexity index is 877. The summed E-state index contributed by atoms with van der Waals surface area (Å²) in [6.45, 7) is 2.10.